The topological polar surface area (TPSA) is 56.6 Å². The Morgan fingerprint density at radius 3 is 2.62 bits per heavy atom. The second-order valence-corrected chi connectivity index (χ2v) is 9.19. The quantitative estimate of drug-likeness (QED) is 0.165. The predicted octanol–water partition coefficient (Wildman–Crippen LogP) is 5.34. The molecule has 34 heavy (non-hydrogen) atoms. The molecule has 0 atom stereocenters. The first-order chi connectivity index (χ1) is 16.6. The predicted molar refractivity (Wildman–Crippen MR) is 141 cm³/mol. The van der Waals surface area contributed by atoms with E-state index in [1.165, 1.54) is 11.8 Å². The first-order valence-corrected chi connectivity index (χ1v) is 12.1. The maximum atomic E-state index is 13.0. The average Bonchev–Trinajstić information content (AvgIpc) is 3.40. The smallest absolute Gasteiger partial charge is 0.266 e. The van der Waals surface area contributed by atoms with Gasteiger partial charge in [0.1, 0.15) is 16.7 Å². The molecule has 0 saturated carbocycles. The number of methoxy groups -OCH3 is 1. The molecule has 1 fully saturated rings. The lowest BCUT2D eigenvalue weighted by molar-refractivity contribution is -0.122. The van der Waals surface area contributed by atoms with Gasteiger partial charge in [-0.25, -0.2) is 4.68 Å². The molecule has 0 bridgehead atoms. The molecule has 1 saturated heterocycles. The number of para-hydroxylation sites is 1. The second-order valence-electron chi connectivity index (χ2n) is 7.52. The number of benzene rings is 2. The van der Waals surface area contributed by atoms with E-state index < -0.39 is 0 Å². The van der Waals surface area contributed by atoms with E-state index in [1.54, 1.807) is 18.1 Å². The Morgan fingerprint density at radius 1 is 1.15 bits per heavy atom. The number of nitrogens with zero attached hydrogens (tertiary/aromatic N) is 3. The molecule has 2 aromatic carbocycles. The van der Waals surface area contributed by atoms with E-state index in [0.29, 0.717) is 29.0 Å². The van der Waals surface area contributed by atoms with Crippen LogP contribution in [0.25, 0.3) is 23.0 Å². The van der Waals surface area contributed by atoms with Crippen molar-refractivity contribution in [3.05, 3.63) is 83.9 Å². The van der Waals surface area contributed by atoms with E-state index in [4.69, 9.17) is 26.8 Å². The monoisotopic (exact) mass is 491 g/mol. The van der Waals surface area contributed by atoms with Crippen molar-refractivity contribution in [3.8, 4) is 22.7 Å². The molecule has 4 rings (SSSR count). The lowest BCUT2D eigenvalue weighted by atomic mass is 10.1. The van der Waals surface area contributed by atoms with E-state index in [-0.39, 0.29) is 5.91 Å². The van der Waals surface area contributed by atoms with Crippen LogP contribution in [0.15, 0.2) is 78.4 Å². The van der Waals surface area contributed by atoms with Crippen molar-refractivity contribution in [2.45, 2.75) is 6.42 Å². The van der Waals surface area contributed by atoms with Crippen LogP contribution in [0.3, 0.4) is 0 Å². The zero-order chi connectivity index (χ0) is 23.9. The third-order valence-electron chi connectivity index (χ3n) is 5.15. The van der Waals surface area contributed by atoms with Gasteiger partial charge in [0.2, 0.25) is 0 Å². The van der Waals surface area contributed by atoms with Crippen LogP contribution in [-0.4, -0.2) is 51.8 Å². The molecule has 0 N–H and O–H groups in total. The number of thioether (sulfide) groups is 1. The SMILES string of the molecule is C=CCOc1ccc(-c2nn(-c3ccccc3)cc2/C=C2\SC(=S)N(CCCOC)C2=O)cc1. The van der Waals surface area contributed by atoms with Gasteiger partial charge < -0.3 is 9.47 Å². The number of aromatic nitrogens is 2. The Labute approximate surface area is 208 Å². The first-order valence-electron chi connectivity index (χ1n) is 10.8. The molecule has 6 nitrogen and oxygen atoms in total. The number of carbonyl (C=O) groups is 1. The van der Waals surface area contributed by atoms with Crippen molar-refractivity contribution in [2.24, 2.45) is 0 Å². The van der Waals surface area contributed by atoms with Crippen LogP contribution in [0.5, 0.6) is 5.75 Å². The van der Waals surface area contributed by atoms with Crippen molar-refractivity contribution >= 4 is 40.3 Å². The summed E-state index contributed by atoms with van der Waals surface area (Å²) in [5.41, 5.74) is 3.45. The standard InChI is InChI=1S/C26H25N3O3S2/c1-3-15-32-22-12-10-19(11-13-22)24-20(18-29(27-24)21-8-5-4-6-9-21)17-23-25(30)28(26(33)34-23)14-7-16-31-2/h3-6,8-13,17-18H,1,7,14-16H2,2H3/b23-17-. The summed E-state index contributed by atoms with van der Waals surface area (Å²) in [7, 11) is 1.65. The summed E-state index contributed by atoms with van der Waals surface area (Å²) in [6.45, 7) is 5.24. The van der Waals surface area contributed by atoms with Crippen LogP contribution in [0.4, 0.5) is 0 Å². The summed E-state index contributed by atoms with van der Waals surface area (Å²) in [6, 6.07) is 17.6. The van der Waals surface area contributed by atoms with Gasteiger partial charge in [0.05, 0.1) is 16.3 Å². The number of amides is 1. The fraction of sp³-hybridized carbons (Fsp3) is 0.192. The average molecular weight is 492 g/mol. The minimum Gasteiger partial charge on any atom is -0.490 e. The Bertz CT molecular complexity index is 1200. The van der Waals surface area contributed by atoms with Gasteiger partial charge in [0, 0.05) is 37.6 Å². The number of carbonyl (C=O) groups excluding carboxylic acids is 1. The van der Waals surface area contributed by atoms with Crippen LogP contribution in [0.2, 0.25) is 0 Å². The normalized spacial score (nSPS) is 14.7. The first kappa shape index (κ1) is 23.9. The van der Waals surface area contributed by atoms with Crippen LogP contribution in [-0.2, 0) is 9.53 Å². The minimum absolute atomic E-state index is 0.0855. The summed E-state index contributed by atoms with van der Waals surface area (Å²) >= 11 is 6.78. The minimum atomic E-state index is -0.0855. The van der Waals surface area contributed by atoms with E-state index in [0.717, 1.165) is 34.7 Å². The molecule has 0 spiro atoms. The maximum Gasteiger partial charge on any atom is 0.266 e. The number of thiocarbonyl (C=S) groups is 1. The second kappa shape index (κ2) is 11.3. The third-order valence-corrected chi connectivity index (χ3v) is 6.53. The van der Waals surface area contributed by atoms with Crippen LogP contribution in [0, 0.1) is 0 Å². The van der Waals surface area contributed by atoms with Crippen molar-refractivity contribution in [2.75, 3.05) is 26.9 Å². The highest BCUT2D eigenvalue weighted by Gasteiger charge is 2.32. The molecule has 1 aliphatic rings. The Balaban J connectivity index is 1.68. The molecule has 8 heteroatoms. The van der Waals surface area contributed by atoms with Crippen LogP contribution in [0.1, 0.15) is 12.0 Å². The van der Waals surface area contributed by atoms with Crippen molar-refractivity contribution in [1.82, 2.24) is 14.7 Å². The molecular weight excluding hydrogens is 466 g/mol. The van der Waals surface area contributed by atoms with E-state index in [9.17, 15) is 4.79 Å². The molecule has 174 valence electrons. The largest absolute Gasteiger partial charge is 0.490 e. The van der Waals surface area contributed by atoms with Gasteiger partial charge in [-0.1, -0.05) is 54.8 Å². The Hall–Kier alpha value is -3.20. The molecule has 0 unspecified atom stereocenters. The van der Waals surface area contributed by atoms with Gasteiger partial charge in [-0.2, -0.15) is 5.10 Å². The van der Waals surface area contributed by atoms with Crippen LogP contribution >= 0.6 is 24.0 Å². The van der Waals surface area contributed by atoms with Crippen molar-refractivity contribution in [1.29, 1.82) is 0 Å². The van der Waals surface area contributed by atoms with Gasteiger partial charge in [-0.05, 0) is 48.9 Å². The fourth-order valence-corrected chi connectivity index (χ4v) is 4.79. The lowest BCUT2D eigenvalue weighted by Gasteiger charge is -2.13. The summed E-state index contributed by atoms with van der Waals surface area (Å²) in [5, 5.41) is 4.84. The van der Waals surface area contributed by atoms with Crippen molar-refractivity contribution in [3.63, 3.8) is 0 Å². The summed E-state index contributed by atoms with van der Waals surface area (Å²) in [4.78, 5) is 15.3. The van der Waals surface area contributed by atoms with E-state index in [1.807, 2.05) is 71.6 Å². The molecule has 0 aliphatic carbocycles. The molecule has 2 heterocycles. The number of hydrogen-bond donors (Lipinski definition) is 0. The van der Waals surface area contributed by atoms with Gasteiger partial charge in [-0.15, -0.1) is 0 Å². The maximum absolute atomic E-state index is 13.0. The lowest BCUT2D eigenvalue weighted by Crippen LogP contribution is -2.29. The molecule has 3 aromatic rings. The molecule has 0 radical (unpaired) electrons. The zero-order valence-electron chi connectivity index (χ0n) is 18.8. The van der Waals surface area contributed by atoms with Crippen molar-refractivity contribution < 1.29 is 14.3 Å². The zero-order valence-corrected chi connectivity index (χ0v) is 20.5. The summed E-state index contributed by atoms with van der Waals surface area (Å²) < 4.78 is 13.1. The molecule has 1 aromatic heterocycles. The van der Waals surface area contributed by atoms with Gasteiger partial charge >= 0.3 is 0 Å². The summed E-state index contributed by atoms with van der Waals surface area (Å²) in [5.74, 6) is 0.669. The fourth-order valence-electron chi connectivity index (χ4n) is 3.50. The highest BCUT2D eigenvalue weighted by atomic mass is 32.2. The molecule has 1 amide bonds. The molecular formula is C26H25N3O3S2. The highest BCUT2D eigenvalue weighted by Crippen LogP contribution is 2.35. The van der Waals surface area contributed by atoms with Gasteiger partial charge in [0.15, 0.2) is 0 Å². The third kappa shape index (κ3) is 5.47. The number of ether oxygens (including phenoxy) is 2. The van der Waals surface area contributed by atoms with Gasteiger partial charge in [-0.3, -0.25) is 9.69 Å². The number of rotatable bonds is 10. The Morgan fingerprint density at radius 2 is 1.91 bits per heavy atom. The highest BCUT2D eigenvalue weighted by molar-refractivity contribution is 8.26. The van der Waals surface area contributed by atoms with E-state index >= 15 is 0 Å². The van der Waals surface area contributed by atoms with E-state index in [2.05, 4.69) is 6.58 Å². The number of hydrogen-bond acceptors (Lipinski definition) is 6. The molecule has 1 aliphatic heterocycles. The van der Waals surface area contributed by atoms with Crippen LogP contribution < -0.4 is 4.74 Å². The van der Waals surface area contributed by atoms with Gasteiger partial charge in [0.25, 0.3) is 5.91 Å². The Kier molecular flexibility index (Phi) is 7.95. The summed E-state index contributed by atoms with van der Waals surface area (Å²) in [6.07, 6.45) is 6.25.